The number of ether oxygens (including phenoxy) is 3. The van der Waals surface area contributed by atoms with E-state index >= 15 is 0 Å². The highest BCUT2D eigenvalue weighted by Crippen LogP contribution is 2.37. The molecule has 0 aliphatic carbocycles. The Labute approximate surface area is 178 Å². The highest BCUT2D eigenvalue weighted by Gasteiger charge is 2.42. The molecule has 1 unspecified atom stereocenters. The van der Waals surface area contributed by atoms with Gasteiger partial charge in [-0.15, -0.1) is 0 Å². The smallest absolute Gasteiger partial charge is 0.328 e. The van der Waals surface area contributed by atoms with Crippen LogP contribution < -0.4 is 9.47 Å². The zero-order valence-electron chi connectivity index (χ0n) is 17.0. The van der Waals surface area contributed by atoms with Gasteiger partial charge < -0.3 is 24.2 Å². The number of carbonyl (C=O) groups is 2. The maximum Gasteiger partial charge on any atom is 0.328 e. The van der Waals surface area contributed by atoms with Gasteiger partial charge in [0.05, 0.1) is 31.3 Å². The lowest BCUT2D eigenvalue weighted by molar-refractivity contribution is -0.385. The number of hydrogen-bond acceptors (Lipinski definition) is 8. The lowest BCUT2D eigenvalue weighted by Crippen LogP contribution is -2.41. The van der Waals surface area contributed by atoms with Crippen molar-refractivity contribution in [2.75, 3.05) is 20.8 Å². The average Bonchev–Trinajstić information content (AvgIpc) is 3.18. The van der Waals surface area contributed by atoms with Crippen LogP contribution in [-0.4, -0.2) is 59.7 Å². The van der Waals surface area contributed by atoms with Gasteiger partial charge >= 0.3 is 5.97 Å². The summed E-state index contributed by atoms with van der Waals surface area (Å²) >= 11 is 0. The molecule has 0 radical (unpaired) electrons. The van der Waals surface area contributed by atoms with Gasteiger partial charge in [-0.05, 0) is 5.56 Å². The maximum absolute atomic E-state index is 13.1. The summed E-state index contributed by atoms with van der Waals surface area (Å²) in [5.41, 5.74) is 0.0649. The van der Waals surface area contributed by atoms with Crippen LogP contribution in [0.25, 0.3) is 0 Å². The zero-order valence-corrected chi connectivity index (χ0v) is 17.0. The standard InChI is InChI=1S/C21H22N2O8/c1-29-18-9-15(20(25)22-11-14(24)8-17(22)21(26)30-2)16(23(27)28)10-19(18)31-12-13-6-4-3-5-7-13/h3-7,9-10,14,17,24H,8,11-12H2,1-2H3/t14?,17-/m0/s1. The number of benzene rings is 2. The first kappa shape index (κ1) is 22.0. The molecule has 0 saturated carbocycles. The summed E-state index contributed by atoms with van der Waals surface area (Å²) in [7, 11) is 2.52. The number of hydrogen-bond donors (Lipinski definition) is 1. The van der Waals surface area contributed by atoms with Gasteiger partial charge in [-0.3, -0.25) is 14.9 Å². The summed E-state index contributed by atoms with van der Waals surface area (Å²) in [6.45, 7) is -0.00525. The fourth-order valence-corrected chi connectivity index (χ4v) is 3.43. The van der Waals surface area contributed by atoms with Crippen LogP contribution in [0.5, 0.6) is 11.5 Å². The number of carbonyl (C=O) groups excluding carboxylic acids is 2. The molecule has 1 aliphatic rings. The zero-order chi connectivity index (χ0) is 22.5. The number of nitro benzene ring substituents is 1. The molecule has 1 fully saturated rings. The lowest BCUT2D eigenvalue weighted by Gasteiger charge is -2.22. The molecule has 1 aliphatic heterocycles. The second-order valence-electron chi connectivity index (χ2n) is 6.94. The Kier molecular flexibility index (Phi) is 6.71. The Balaban J connectivity index is 1.95. The van der Waals surface area contributed by atoms with Crippen LogP contribution in [0, 0.1) is 10.1 Å². The van der Waals surface area contributed by atoms with E-state index in [1.807, 2.05) is 30.3 Å². The van der Waals surface area contributed by atoms with E-state index < -0.39 is 34.6 Å². The number of nitrogens with zero attached hydrogens (tertiary/aromatic N) is 2. The molecule has 2 atom stereocenters. The average molecular weight is 430 g/mol. The molecular weight excluding hydrogens is 408 g/mol. The minimum atomic E-state index is -1.04. The van der Waals surface area contributed by atoms with Crippen molar-refractivity contribution in [2.24, 2.45) is 0 Å². The molecule has 10 nitrogen and oxygen atoms in total. The van der Waals surface area contributed by atoms with Crippen LogP contribution in [0.15, 0.2) is 42.5 Å². The van der Waals surface area contributed by atoms with Gasteiger partial charge in [0.1, 0.15) is 18.2 Å². The predicted octanol–water partition coefficient (Wildman–Crippen LogP) is 1.93. The van der Waals surface area contributed by atoms with Gasteiger partial charge in [-0.1, -0.05) is 30.3 Å². The monoisotopic (exact) mass is 430 g/mol. The highest BCUT2D eigenvalue weighted by molar-refractivity contribution is 6.01. The normalized spacial score (nSPS) is 17.8. The maximum atomic E-state index is 13.1. The van der Waals surface area contributed by atoms with Crippen molar-refractivity contribution in [3.05, 3.63) is 63.7 Å². The van der Waals surface area contributed by atoms with Crippen molar-refractivity contribution >= 4 is 17.6 Å². The molecule has 1 N–H and O–H groups in total. The van der Waals surface area contributed by atoms with E-state index in [0.29, 0.717) is 0 Å². The van der Waals surface area contributed by atoms with E-state index in [0.717, 1.165) is 16.5 Å². The van der Waals surface area contributed by atoms with Crippen LogP contribution >= 0.6 is 0 Å². The van der Waals surface area contributed by atoms with Crippen molar-refractivity contribution in [3.8, 4) is 11.5 Å². The molecule has 0 bridgehead atoms. The van der Waals surface area contributed by atoms with Crippen molar-refractivity contribution in [2.45, 2.75) is 25.2 Å². The number of aliphatic hydroxyl groups excluding tert-OH is 1. The van der Waals surface area contributed by atoms with Gasteiger partial charge in [-0.2, -0.15) is 0 Å². The number of likely N-dealkylation sites (tertiary alicyclic amines) is 1. The van der Waals surface area contributed by atoms with Crippen LogP contribution in [0.3, 0.4) is 0 Å². The van der Waals surface area contributed by atoms with Gasteiger partial charge in [0.15, 0.2) is 11.5 Å². The number of rotatable bonds is 7. The van der Waals surface area contributed by atoms with Crippen LogP contribution in [-0.2, 0) is 16.1 Å². The molecule has 1 saturated heterocycles. The fraction of sp³-hybridized carbons (Fsp3) is 0.333. The molecule has 1 heterocycles. The summed E-state index contributed by atoms with van der Waals surface area (Å²) in [5, 5.41) is 21.6. The fourth-order valence-electron chi connectivity index (χ4n) is 3.43. The second-order valence-corrected chi connectivity index (χ2v) is 6.94. The van der Waals surface area contributed by atoms with E-state index in [9.17, 15) is 24.8 Å². The second kappa shape index (κ2) is 9.43. The number of amides is 1. The number of β-amino-alcohol motifs (C(OH)–C–C–N with tert-alkyl or cyclic N) is 1. The molecule has 2 aromatic carbocycles. The van der Waals surface area contributed by atoms with Crippen molar-refractivity contribution in [1.82, 2.24) is 4.90 Å². The quantitative estimate of drug-likeness (QED) is 0.401. The van der Waals surface area contributed by atoms with Crippen LogP contribution in [0.4, 0.5) is 5.69 Å². The van der Waals surface area contributed by atoms with Crippen molar-refractivity contribution in [1.29, 1.82) is 0 Å². The first-order valence-corrected chi connectivity index (χ1v) is 9.45. The molecule has 3 rings (SSSR count). The third kappa shape index (κ3) is 4.75. The van der Waals surface area contributed by atoms with Crippen LogP contribution in [0.2, 0.25) is 0 Å². The molecule has 0 aromatic heterocycles. The van der Waals surface area contributed by atoms with Gasteiger partial charge in [0.25, 0.3) is 11.6 Å². The molecule has 10 heteroatoms. The summed E-state index contributed by atoms with van der Waals surface area (Å²) in [6.07, 6.45) is -0.954. The van der Waals surface area contributed by atoms with E-state index in [1.54, 1.807) is 0 Å². The summed E-state index contributed by atoms with van der Waals surface area (Å²) < 4.78 is 15.7. The summed E-state index contributed by atoms with van der Waals surface area (Å²) in [5.74, 6) is -1.27. The largest absolute Gasteiger partial charge is 0.493 e. The molecule has 31 heavy (non-hydrogen) atoms. The SMILES string of the molecule is COC(=O)[C@@H]1CC(O)CN1C(=O)c1cc(OC)c(OCc2ccccc2)cc1[N+](=O)[O-]. The third-order valence-corrected chi connectivity index (χ3v) is 4.96. The molecular formula is C21H22N2O8. The Morgan fingerprint density at radius 1 is 1.19 bits per heavy atom. The number of esters is 1. The van der Waals surface area contributed by atoms with Gasteiger partial charge in [0.2, 0.25) is 0 Å². The van der Waals surface area contributed by atoms with Gasteiger partial charge in [0, 0.05) is 19.0 Å². The Morgan fingerprint density at radius 2 is 1.90 bits per heavy atom. The van der Waals surface area contributed by atoms with Crippen molar-refractivity contribution in [3.63, 3.8) is 0 Å². The number of aliphatic hydroxyl groups is 1. The first-order chi connectivity index (χ1) is 14.8. The molecule has 1 amide bonds. The van der Waals surface area contributed by atoms with Crippen LogP contribution in [0.1, 0.15) is 22.3 Å². The third-order valence-electron chi connectivity index (χ3n) is 4.96. The molecule has 0 spiro atoms. The van der Waals surface area contributed by atoms with E-state index in [4.69, 9.17) is 14.2 Å². The Bertz CT molecular complexity index is 979. The highest BCUT2D eigenvalue weighted by atomic mass is 16.6. The minimum absolute atomic E-state index is 0.0123. The Morgan fingerprint density at radius 3 is 2.52 bits per heavy atom. The first-order valence-electron chi connectivity index (χ1n) is 9.45. The number of nitro groups is 1. The topological polar surface area (TPSA) is 128 Å². The van der Waals surface area contributed by atoms with E-state index in [1.165, 1.54) is 20.3 Å². The lowest BCUT2D eigenvalue weighted by atomic mass is 10.1. The Hall–Kier alpha value is -3.66. The summed E-state index contributed by atoms with van der Waals surface area (Å²) in [6, 6.07) is 10.5. The van der Waals surface area contributed by atoms with Crippen molar-refractivity contribution < 1.29 is 33.8 Å². The number of methoxy groups -OCH3 is 2. The van der Waals surface area contributed by atoms with Gasteiger partial charge in [-0.25, -0.2) is 4.79 Å². The predicted molar refractivity (Wildman–Crippen MR) is 108 cm³/mol. The van der Waals surface area contributed by atoms with E-state index in [-0.39, 0.29) is 36.6 Å². The minimum Gasteiger partial charge on any atom is -0.493 e. The molecule has 164 valence electrons. The van der Waals surface area contributed by atoms with E-state index in [2.05, 4.69) is 0 Å². The summed E-state index contributed by atoms with van der Waals surface area (Å²) in [4.78, 5) is 37.2. The molecule has 2 aromatic rings.